The van der Waals surface area contributed by atoms with E-state index < -0.39 is 0 Å². The van der Waals surface area contributed by atoms with E-state index >= 15 is 0 Å². The Morgan fingerprint density at radius 2 is 2.00 bits per heavy atom. The van der Waals surface area contributed by atoms with Crippen LogP contribution in [0.2, 0.25) is 0 Å². The molecule has 2 N–H and O–H groups in total. The van der Waals surface area contributed by atoms with Gasteiger partial charge < -0.3 is 10.5 Å². The van der Waals surface area contributed by atoms with Crippen LogP contribution in [0.3, 0.4) is 0 Å². The third-order valence-corrected chi connectivity index (χ3v) is 3.27. The number of anilines is 1. The molecule has 0 bridgehead atoms. The van der Waals surface area contributed by atoms with Crippen LogP contribution in [-0.4, -0.2) is 16.6 Å². The van der Waals surface area contributed by atoms with Gasteiger partial charge in [-0.05, 0) is 18.8 Å². The van der Waals surface area contributed by atoms with Gasteiger partial charge in [0.05, 0.1) is 6.61 Å². The Morgan fingerprint density at radius 1 is 1.28 bits per heavy atom. The van der Waals surface area contributed by atoms with E-state index in [4.69, 9.17) is 10.5 Å². The number of rotatable bonds is 4. The van der Waals surface area contributed by atoms with Gasteiger partial charge in [0.2, 0.25) is 5.88 Å². The highest BCUT2D eigenvalue weighted by atomic mass is 16.5. The zero-order chi connectivity index (χ0) is 13.0. The van der Waals surface area contributed by atoms with Gasteiger partial charge >= 0.3 is 0 Å². The molecule has 1 fully saturated rings. The maximum absolute atomic E-state index is 5.84. The van der Waals surface area contributed by atoms with Crippen molar-refractivity contribution in [1.82, 2.24) is 9.97 Å². The van der Waals surface area contributed by atoms with Gasteiger partial charge in [-0.1, -0.05) is 33.1 Å². The van der Waals surface area contributed by atoms with Crippen molar-refractivity contribution in [3.05, 3.63) is 11.9 Å². The second-order valence-electron chi connectivity index (χ2n) is 5.53. The molecular weight excluding hydrogens is 226 g/mol. The number of ether oxygens (including phenoxy) is 1. The molecule has 0 amide bonds. The summed E-state index contributed by atoms with van der Waals surface area (Å²) in [6.45, 7) is 4.90. The summed E-state index contributed by atoms with van der Waals surface area (Å²) in [6, 6.07) is 1.72. The van der Waals surface area contributed by atoms with Gasteiger partial charge in [0, 0.05) is 12.0 Å². The van der Waals surface area contributed by atoms with Crippen molar-refractivity contribution in [2.75, 3.05) is 12.3 Å². The molecule has 1 saturated carbocycles. The van der Waals surface area contributed by atoms with Crippen LogP contribution in [0.4, 0.5) is 5.82 Å². The Kier molecular flexibility index (Phi) is 4.39. The van der Waals surface area contributed by atoms with Crippen LogP contribution in [0.5, 0.6) is 5.88 Å². The van der Waals surface area contributed by atoms with Crippen LogP contribution in [0.25, 0.3) is 0 Å². The maximum Gasteiger partial charge on any atom is 0.218 e. The lowest BCUT2D eigenvalue weighted by Gasteiger charge is -2.20. The summed E-state index contributed by atoms with van der Waals surface area (Å²) in [5, 5.41) is 0. The van der Waals surface area contributed by atoms with Crippen LogP contribution in [0.1, 0.15) is 57.7 Å². The lowest BCUT2D eigenvalue weighted by atomic mass is 9.89. The maximum atomic E-state index is 5.84. The van der Waals surface area contributed by atoms with Crippen molar-refractivity contribution < 1.29 is 4.74 Å². The predicted octanol–water partition coefficient (Wildman–Crippen LogP) is 3.14. The summed E-state index contributed by atoms with van der Waals surface area (Å²) in [5.74, 6) is 2.96. The molecule has 1 heterocycles. The molecule has 0 aromatic carbocycles. The number of nitrogens with two attached hydrogens (primary N) is 1. The first kappa shape index (κ1) is 13.1. The van der Waals surface area contributed by atoms with Crippen molar-refractivity contribution in [3.8, 4) is 5.88 Å². The highest BCUT2D eigenvalue weighted by Gasteiger charge is 2.19. The molecule has 0 spiro atoms. The van der Waals surface area contributed by atoms with Crippen molar-refractivity contribution in [1.29, 1.82) is 0 Å². The molecule has 0 aliphatic heterocycles. The van der Waals surface area contributed by atoms with E-state index in [1.165, 1.54) is 32.1 Å². The summed E-state index contributed by atoms with van der Waals surface area (Å²) in [4.78, 5) is 8.89. The summed E-state index contributed by atoms with van der Waals surface area (Å²) in [5.41, 5.74) is 5.84. The molecule has 0 saturated heterocycles. The highest BCUT2D eigenvalue weighted by Crippen LogP contribution is 2.31. The number of aromatic nitrogens is 2. The second-order valence-corrected chi connectivity index (χ2v) is 5.53. The van der Waals surface area contributed by atoms with Gasteiger partial charge in [0.1, 0.15) is 11.6 Å². The fourth-order valence-corrected chi connectivity index (χ4v) is 2.33. The van der Waals surface area contributed by atoms with Crippen molar-refractivity contribution in [2.45, 2.75) is 51.9 Å². The minimum atomic E-state index is 0.462. The molecule has 0 radical (unpaired) electrons. The van der Waals surface area contributed by atoms with E-state index in [0.717, 1.165) is 5.82 Å². The SMILES string of the molecule is CC(C)COc1cc(N)nc(C2CCCCC2)n1. The summed E-state index contributed by atoms with van der Waals surface area (Å²) in [6.07, 6.45) is 6.21. The molecule has 1 aromatic heterocycles. The monoisotopic (exact) mass is 249 g/mol. The quantitative estimate of drug-likeness (QED) is 0.890. The average molecular weight is 249 g/mol. The molecule has 4 heteroatoms. The van der Waals surface area contributed by atoms with Gasteiger partial charge in [0.25, 0.3) is 0 Å². The Morgan fingerprint density at radius 3 is 2.67 bits per heavy atom. The molecule has 18 heavy (non-hydrogen) atoms. The van der Waals surface area contributed by atoms with Crippen LogP contribution in [0, 0.1) is 5.92 Å². The van der Waals surface area contributed by atoms with Gasteiger partial charge in [0.15, 0.2) is 0 Å². The van der Waals surface area contributed by atoms with Gasteiger partial charge in [-0.2, -0.15) is 4.98 Å². The van der Waals surface area contributed by atoms with E-state index in [1.54, 1.807) is 6.07 Å². The molecule has 100 valence electrons. The van der Waals surface area contributed by atoms with E-state index in [1.807, 2.05) is 0 Å². The zero-order valence-corrected chi connectivity index (χ0v) is 11.4. The van der Waals surface area contributed by atoms with E-state index in [0.29, 0.717) is 30.1 Å². The lowest BCUT2D eigenvalue weighted by Crippen LogP contribution is -2.12. The fourth-order valence-electron chi connectivity index (χ4n) is 2.33. The minimum Gasteiger partial charge on any atom is -0.477 e. The smallest absolute Gasteiger partial charge is 0.218 e. The largest absolute Gasteiger partial charge is 0.477 e. The molecule has 1 aromatic rings. The molecule has 0 atom stereocenters. The molecule has 1 aliphatic rings. The standard InChI is InChI=1S/C14H23N3O/c1-10(2)9-18-13-8-12(15)16-14(17-13)11-6-4-3-5-7-11/h8,10-11H,3-7,9H2,1-2H3,(H2,15,16,17). The van der Waals surface area contributed by atoms with Crippen LogP contribution in [-0.2, 0) is 0 Å². The van der Waals surface area contributed by atoms with Gasteiger partial charge in [-0.15, -0.1) is 0 Å². The average Bonchev–Trinajstić information content (AvgIpc) is 2.37. The Balaban J connectivity index is 2.09. The fraction of sp³-hybridized carbons (Fsp3) is 0.714. The Hall–Kier alpha value is -1.32. The van der Waals surface area contributed by atoms with Crippen LogP contribution >= 0.6 is 0 Å². The second kappa shape index (κ2) is 6.03. The van der Waals surface area contributed by atoms with Crippen LogP contribution < -0.4 is 10.5 Å². The third-order valence-electron chi connectivity index (χ3n) is 3.27. The number of nitrogens with zero attached hydrogens (tertiary/aromatic N) is 2. The van der Waals surface area contributed by atoms with Crippen molar-refractivity contribution in [2.24, 2.45) is 5.92 Å². The summed E-state index contributed by atoms with van der Waals surface area (Å²) in [7, 11) is 0. The molecule has 1 aliphatic carbocycles. The molecule has 4 nitrogen and oxygen atoms in total. The highest BCUT2D eigenvalue weighted by molar-refractivity contribution is 5.33. The molecule has 0 unspecified atom stereocenters. The van der Waals surface area contributed by atoms with E-state index in [-0.39, 0.29) is 0 Å². The minimum absolute atomic E-state index is 0.462. The number of hydrogen-bond donors (Lipinski definition) is 1. The zero-order valence-electron chi connectivity index (χ0n) is 11.4. The summed E-state index contributed by atoms with van der Waals surface area (Å²) >= 11 is 0. The normalized spacial score (nSPS) is 17.1. The topological polar surface area (TPSA) is 61.0 Å². The van der Waals surface area contributed by atoms with E-state index in [2.05, 4.69) is 23.8 Å². The third kappa shape index (κ3) is 3.59. The van der Waals surface area contributed by atoms with Gasteiger partial charge in [-0.25, -0.2) is 4.98 Å². The number of hydrogen-bond acceptors (Lipinski definition) is 4. The molecular formula is C14H23N3O. The first-order valence-corrected chi connectivity index (χ1v) is 6.92. The predicted molar refractivity (Wildman–Crippen MR) is 72.6 cm³/mol. The first-order valence-electron chi connectivity index (χ1n) is 6.92. The van der Waals surface area contributed by atoms with Crippen LogP contribution in [0.15, 0.2) is 6.07 Å². The Labute approximate surface area is 109 Å². The number of nitrogen functional groups attached to an aromatic ring is 1. The Bertz CT molecular complexity index is 387. The van der Waals surface area contributed by atoms with Crippen molar-refractivity contribution >= 4 is 5.82 Å². The lowest BCUT2D eigenvalue weighted by molar-refractivity contribution is 0.259. The van der Waals surface area contributed by atoms with Gasteiger partial charge in [-0.3, -0.25) is 0 Å². The first-order chi connectivity index (χ1) is 8.65. The van der Waals surface area contributed by atoms with Crippen molar-refractivity contribution in [3.63, 3.8) is 0 Å². The van der Waals surface area contributed by atoms with E-state index in [9.17, 15) is 0 Å². The molecule has 2 rings (SSSR count). The summed E-state index contributed by atoms with van der Waals surface area (Å²) < 4.78 is 5.65.